The third-order valence-electron chi connectivity index (χ3n) is 5.05. The van der Waals surface area contributed by atoms with Crippen LogP contribution in [-0.4, -0.2) is 28.8 Å². The summed E-state index contributed by atoms with van der Waals surface area (Å²) in [5, 5.41) is 5.65. The van der Waals surface area contributed by atoms with Crippen LogP contribution >= 0.6 is 0 Å². The molecule has 4 aromatic rings. The molecule has 0 radical (unpaired) electrons. The molecule has 4 heteroatoms. The number of H-pyrrole nitrogens is 2. The van der Waals surface area contributed by atoms with Gasteiger partial charge in [0.2, 0.25) is 0 Å². The zero-order valence-corrected chi connectivity index (χ0v) is 14.8. The number of hydrogen-bond donors (Lipinski definition) is 3. The van der Waals surface area contributed by atoms with Gasteiger partial charge in [0, 0.05) is 47.7 Å². The first-order valence-corrected chi connectivity index (χ1v) is 9.07. The lowest BCUT2D eigenvalue weighted by atomic mass is 9.95. The molecule has 0 bridgehead atoms. The van der Waals surface area contributed by atoms with E-state index >= 15 is 0 Å². The van der Waals surface area contributed by atoms with Crippen molar-refractivity contribution in [3.8, 4) is 0 Å². The molecule has 0 aliphatic carbocycles. The Hall–Kier alpha value is -3.37. The van der Waals surface area contributed by atoms with E-state index in [0.717, 1.165) is 44.1 Å². The number of piperidine rings is 1. The minimum absolute atomic E-state index is 0.122. The molecule has 4 nitrogen and oxygen atoms in total. The van der Waals surface area contributed by atoms with Crippen molar-refractivity contribution in [3.05, 3.63) is 83.2 Å². The summed E-state index contributed by atoms with van der Waals surface area (Å²) in [7, 11) is 0. The molecule has 132 valence electrons. The van der Waals surface area contributed by atoms with Crippen molar-refractivity contribution in [1.82, 2.24) is 15.3 Å². The summed E-state index contributed by atoms with van der Waals surface area (Å²) in [5.41, 5.74) is 5.89. The van der Waals surface area contributed by atoms with Gasteiger partial charge in [-0.2, -0.15) is 0 Å². The molecule has 1 aliphatic rings. The zero-order valence-electron chi connectivity index (χ0n) is 14.8. The van der Waals surface area contributed by atoms with Crippen LogP contribution < -0.4 is 5.32 Å². The van der Waals surface area contributed by atoms with Gasteiger partial charge < -0.3 is 15.3 Å². The molecule has 1 fully saturated rings. The maximum atomic E-state index is 13.0. The maximum Gasteiger partial charge on any atom is 0.187 e. The second-order valence-corrected chi connectivity index (χ2v) is 6.92. The highest BCUT2D eigenvalue weighted by atomic mass is 16.1. The lowest BCUT2D eigenvalue weighted by Crippen LogP contribution is -2.32. The Labute approximate surface area is 156 Å². The molecule has 3 heterocycles. The molecule has 27 heavy (non-hydrogen) atoms. The quantitative estimate of drug-likeness (QED) is 0.471. The molecule has 0 saturated carbocycles. The highest BCUT2D eigenvalue weighted by Crippen LogP contribution is 2.21. The van der Waals surface area contributed by atoms with Gasteiger partial charge in [-0.05, 0) is 70.4 Å². The molecule has 0 amide bonds. The average molecular weight is 353 g/mol. The number of ketones is 1. The first-order valence-electron chi connectivity index (χ1n) is 9.07. The fraction of sp³-hybridized carbons (Fsp3) is 0.0870. The van der Waals surface area contributed by atoms with Gasteiger partial charge in [0.25, 0.3) is 0 Å². The summed E-state index contributed by atoms with van der Waals surface area (Å²) in [6.45, 7) is 1.19. The standard InChI is InChI=1S/C23H19N3O/c27-23-19(11-15-1-3-21-17(9-15)5-7-25-21)13-24-14-20(23)12-16-2-4-22-18(10-16)6-8-26-22/h1-12,24-26H,13-14H2/b19-11+,20-12+. The van der Waals surface area contributed by atoms with E-state index in [2.05, 4.69) is 27.4 Å². The number of benzene rings is 2. The van der Waals surface area contributed by atoms with E-state index in [-0.39, 0.29) is 5.78 Å². The Morgan fingerprint density at radius 2 is 1.22 bits per heavy atom. The van der Waals surface area contributed by atoms with Crippen LogP contribution in [0.2, 0.25) is 0 Å². The first-order chi connectivity index (χ1) is 13.3. The van der Waals surface area contributed by atoms with E-state index in [1.165, 1.54) is 0 Å². The number of fused-ring (bicyclic) bond motifs is 2. The lowest BCUT2D eigenvalue weighted by molar-refractivity contribution is -0.112. The highest BCUT2D eigenvalue weighted by molar-refractivity contribution is 6.14. The Morgan fingerprint density at radius 3 is 1.74 bits per heavy atom. The third kappa shape index (κ3) is 3.00. The van der Waals surface area contributed by atoms with Gasteiger partial charge in [-0.3, -0.25) is 4.79 Å². The zero-order chi connectivity index (χ0) is 18.2. The fourth-order valence-corrected chi connectivity index (χ4v) is 3.66. The van der Waals surface area contributed by atoms with Gasteiger partial charge in [-0.25, -0.2) is 0 Å². The number of rotatable bonds is 2. The number of carbonyl (C=O) groups is 1. The molecule has 1 aliphatic heterocycles. The van der Waals surface area contributed by atoms with Crippen LogP contribution in [0.1, 0.15) is 11.1 Å². The Bertz CT molecular complexity index is 1130. The van der Waals surface area contributed by atoms with E-state index in [4.69, 9.17) is 0 Å². The maximum absolute atomic E-state index is 13.0. The van der Waals surface area contributed by atoms with Crippen molar-refractivity contribution in [3.63, 3.8) is 0 Å². The Balaban J connectivity index is 1.47. The SMILES string of the molecule is O=C1/C(=C/c2ccc3[nH]ccc3c2)CNC/C1=C\c1ccc2[nH]ccc2c1. The van der Waals surface area contributed by atoms with Crippen molar-refractivity contribution in [1.29, 1.82) is 0 Å². The minimum atomic E-state index is 0.122. The number of aromatic amines is 2. The molecule has 5 rings (SSSR count). The first kappa shape index (κ1) is 15.9. The normalized spacial score (nSPS) is 18.1. The monoisotopic (exact) mass is 353 g/mol. The van der Waals surface area contributed by atoms with Crippen molar-refractivity contribution >= 4 is 39.7 Å². The molecule has 0 atom stereocenters. The van der Waals surface area contributed by atoms with Crippen molar-refractivity contribution in [2.24, 2.45) is 0 Å². The van der Waals surface area contributed by atoms with Crippen LogP contribution in [-0.2, 0) is 4.79 Å². The Kier molecular flexibility index (Phi) is 3.77. The van der Waals surface area contributed by atoms with Gasteiger partial charge >= 0.3 is 0 Å². The molecule has 2 aromatic carbocycles. The van der Waals surface area contributed by atoms with Gasteiger partial charge in [0.05, 0.1) is 0 Å². The number of aromatic nitrogens is 2. The average Bonchev–Trinajstić information content (AvgIpc) is 3.33. The summed E-state index contributed by atoms with van der Waals surface area (Å²) in [4.78, 5) is 19.4. The molecule has 0 unspecified atom stereocenters. The third-order valence-corrected chi connectivity index (χ3v) is 5.05. The van der Waals surface area contributed by atoms with Gasteiger partial charge in [-0.1, -0.05) is 12.1 Å². The molecular formula is C23H19N3O. The summed E-state index contributed by atoms with van der Waals surface area (Å²) >= 11 is 0. The van der Waals surface area contributed by atoms with E-state index in [9.17, 15) is 4.79 Å². The van der Waals surface area contributed by atoms with Gasteiger partial charge in [-0.15, -0.1) is 0 Å². The van der Waals surface area contributed by atoms with Crippen molar-refractivity contribution in [2.45, 2.75) is 0 Å². The van der Waals surface area contributed by atoms with Crippen LogP contribution in [0, 0.1) is 0 Å². The summed E-state index contributed by atoms with van der Waals surface area (Å²) in [6, 6.07) is 16.5. The fourth-order valence-electron chi connectivity index (χ4n) is 3.66. The van der Waals surface area contributed by atoms with E-state index in [1.807, 2.05) is 60.9 Å². The summed E-state index contributed by atoms with van der Waals surface area (Å²) in [5.74, 6) is 0.122. The Morgan fingerprint density at radius 1 is 0.704 bits per heavy atom. The van der Waals surface area contributed by atoms with Crippen LogP contribution in [0.25, 0.3) is 34.0 Å². The van der Waals surface area contributed by atoms with Crippen LogP contribution in [0.15, 0.2) is 72.1 Å². The minimum Gasteiger partial charge on any atom is -0.361 e. The van der Waals surface area contributed by atoms with E-state index < -0.39 is 0 Å². The van der Waals surface area contributed by atoms with Gasteiger partial charge in [0.15, 0.2) is 5.78 Å². The largest absolute Gasteiger partial charge is 0.361 e. The molecular weight excluding hydrogens is 334 g/mol. The molecule has 2 aromatic heterocycles. The lowest BCUT2D eigenvalue weighted by Gasteiger charge is -2.18. The smallest absolute Gasteiger partial charge is 0.187 e. The topological polar surface area (TPSA) is 60.7 Å². The van der Waals surface area contributed by atoms with E-state index in [1.54, 1.807) is 0 Å². The highest BCUT2D eigenvalue weighted by Gasteiger charge is 2.20. The van der Waals surface area contributed by atoms with Crippen LogP contribution in [0.4, 0.5) is 0 Å². The number of carbonyl (C=O) groups excluding carboxylic acids is 1. The molecule has 1 saturated heterocycles. The van der Waals surface area contributed by atoms with E-state index in [0.29, 0.717) is 13.1 Å². The number of nitrogens with one attached hydrogen (secondary N) is 3. The second kappa shape index (κ2) is 6.41. The predicted molar refractivity (Wildman–Crippen MR) is 110 cm³/mol. The van der Waals surface area contributed by atoms with Crippen LogP contribution in [0.5, 0.6) is 0 Å². The molecule has 3 N–H and O–H groups in total. The van der Waals surface area contributed by atoms with Crippen molar-refractivity contribution < 1.29 is 4.79 Å². The molecule has 0 spiro atoms. The summed E-state index contributed by atoms with van der Waals surface area (Å²) < 4.78 is 0. The number of hydrogen-bond acceptors (Lipinski definition) is 2. The van der Waals surface area contributed by atoms with Gasteiger partial charge in [0.1, 0.15) is 0 Å². The van der Waals surface area contributed by atoms with Crippen LogP contribution in [0.3, 0.4) is 0 Å². The van der Waals surface area contributed by atoms with Crippen molar-refractivity contribution in [2.75, 3.05) is 13.1 Å². The summed E-state index contributed by atoms with van der Waals surface area (Å²) in [6.07, 6.45) is 7.84. The predicted octanol–water partition coefficient (Wildman–Crippen LogP) is 4.29. The second-order valence-electron chi connectivity index (χ2n) is 6.92. The number of Topliss-reactive ketones (excluding diaryl/α,β-unsaturated/α-hetero) is 1.